The molecule has 0 spiro atoms. The Morgan fingerprint density at radius 3 is 2.77 bits per heavy atom. The molecule has 0 bridgehead atoms. The largest absolute Gasteiger partial charge is 0.369 e. The van der Waals surface area contributed by atoms with Crippen LogP contribution in [0.25, 0.3) is 0 Å². The molecule has 1 aliphatic rings. The Balaban J connectivity index is 2.45. The summed E-state index contributed by atoms with van der Waals surface area (Å²) in [7, 11) is 0. The minimum Gasteiger partial charge on any atom is -0.369 e. The van der Waals surface area contributed by atoms with Crippen LogP contribution in [-0.2, 0) is 0 Å². The number of nitrogens with two attached hydrogens (primary N) is 1. The van der Waals surface area contributed by atoms with Gasteiger partial charge in [0.25, 0.3) is 0 Å². The van der Waals surface area contributed by atoms with E-state index in [9.17, 15) is 0 Å². The van der Waals surface area contributed by atoms with Crippen LogP contribution in [0.15, 0.2) is 5.10 Å². The Morgan fingerprint density at radius 1 is 1.54 bits per heavy atom. The Kier molecular flexibility index (Phi) is 3.28. The maximum Gasteiger partial charge on any atom is 0.206 e. The van der Waals surface area contributed by atoms with Crippen molar-refractivity contribution in [1.29, 1.82) is 5.41 Å². The van der Waals surface area contributed by atoms with Crippen molar-refractivity contribution in [3.8, 4) is 0 Å². The van der Waals surface area contributed by atoms with Crippen LogP contribution in [0.4, 0.5) is 0 Å². The van der Waals surface area contributed by atoms with E-state index >= 15 is 0 Å². The predicted molar refractivity (Wildman–Crippen MR) is 54.7 cm³/mol. The third kappa shape index (κ3) is 3.05. The first kappa shape index (κ1) is 10.0. The third-order valence-electron chi connectivity index (χ3n) is 2.75. The highest BCUT2D eigenvalue weighted by Gasteiger charge is 2.20. The summed E-state index contributed by atoms with van der Waals surface area (Å²) in [5.41, 5.74) is 8.78. The first-order valence-electron chi connectivity index (χ1n) is 4.75. The molecule has 0 aromatic rings. The molecule has 1 saturated carbocycles. The molecular weight excluding hydrogens is 164 g/mol. The lowest BCUT2D eigenvalue weighted by atomic mass is 9.81. The van der Waals surface area contributed by atoms with E-state index in [2.05, 4.69) is 24.4 Å². The van der Waals surface area contributed by atoms with Crippen LogP contribution in [0.5, 0.6) is 0 Å². The van der Waals surface area contributed by atoms with Gasteiger partial charge in [-0.2, -0.15) is 5.10 Å². The lowest BCUT2D eigenvalue weighted by molar-refractivity contribution is 0.354. The lowest BCUT2D eigenvalue weighted by Crippen LogP contribution is -2.29. The molecule has 0 amide bonds. The summed E-state index contributed by atoms with van der Waals surface area (Å²) in [4.78, 5) is 0. The predicted octanol–water partition coefficient (Wildman–Crippen LogP) is 1.28. The zero-order valence-electron chi connectivity index (χ0n) is 8.30. The highest BCUT2D eigenvalue weighted by molar-refractivity contribution is 5.86. The van der Waals surface area contributed by atoms with Gasteiger partial charge in [0.15, 0.2) is 0 Å². The number of rotatable bonds is 1. The molecule has 1 rings (SSSR count). The molecule has 13 heavy (non-hydrogen) atoms. The summed E-state index contributed by atoms with van der Waals surface area (Å²) in [5.74, 6) is 1.40. The first-order chi connectivity index (χ1) is 6.09. The smallest absolute Gasteiger partial charge is 0.206 e. The Hall–Kier alpha value is -1.06. The average Bonchev–Trinajstić information content (AvgIpc) is 2.07. The Morgan fingerprint density at radius 2 is 2.23 bits per heavy atom. The van der Waals surface area contributed by atoms with Crippen LogP contribution in [0, 0.1) is 17.2 Å². The Labute approximate surface area is 79.1 Å². The molecular formula is C9H18N4. The van der Waals surface area contributed by atoms with Crippen LogP contribution >= 0.6 is 0 Å². The van der Waals surface area contributed by atoms with Crippen LogP contribution in [0.3, 0.4) is 0 Å². The molecule has 74 valence electrons. The van der Waals surface area contributed by atoms with Crippen molar-refractivity contribution in [3.05, 3.63) is 0 Å². The number of hydrogen-bond donors (Lipinski definition) is 3. The highest BCUT2D eigenvalue weighted by Crippen LogP contribution is 2.27. The van der Waals surface area contributed by atoms with E-state index in [1.165, 1.54) is 6.42 Å². The van der Waals surface area contributed by atoms with Crippen molar-refractivity contribution in [2.75, 3.05) is 0 Å². The summed E-state index contributed by atoms with van der Waals surface area (Å²) in [6.07, 6.45) is 3.26. The van der Waals surface area contributed by atoms with Crippen LogP contribution < -0.4 is 11.2 Å². The van der Waals surface area contributed by atoms with E-state index in [1.807, 2.05) is 0 Å². The van der Waals surface area contributed by atoms with Crippen molar-refractivity contribution >= 4 is 11.7 Å². The molecule has 4 nitrogen and oxygen atoms in total. The standard InChI is InChI=1S/C9H18N4/c1-6-3-4-8(5-7(6)2)12-13-9(10)11/h6-7H,3-5H2,1-2H3,(H4,10,11,13). The van der Waals surface area contributed by atoms with Gasteiger partial charge in [-0.15, -0.1) is 0 Å². The number of guanidine groups is 1. The second kappa shape index (κ2) is 4.25. The fraction of sp³-hybridized carbons (Fsp3) is 0.778. The second-order valence-electron chi connectivity index (χ2n) is 3.90. The van der Waals surface area contributed by atoms with E-state index in [-0.39, 0.29) is 5.96 Å². The monoisotopic (exact) mass is 182 g/mol. The fourth-order valence-corrected chi connectivity index (χ4v) is 1.59. The van der Waals surface area contributed by atoms with Crippen LogP contribution in [0.2, 0.25) is 0 Å². The summed E-state index contributed by atoms with van der Waals surface area (Å²) < 4.78 is 0. The van der Waals surface area contributed by atoms with E-state index in [0.717, 1.165) is 24.5 Å². The van der Waals surface area contributed by atoms with E-state index in [1.54, 1.807) is 0 Å². The van der Waals surface area contributed by atoms with Gasteiger partial charge < -0.3 is 5.73 Å². The van der Waals surface area contributed by atoms with Crippen molar-refractivity contribution in [1.82, 2.24) is 5.43 Å². The molecule has 4 N–H and O–H groups in total. The van der Waals surface area contributed by atoms with E-state index < -0.39 is 0 Å². The number of nitrogens with one attached hydrogen (secondary N) is 2. The molecule has 0 saturated heterocycles. The summed E-state index contributed by atoms with van der Waals surface area (Å²) in [6, 6.07) is 0. The summed E-state index contributed by atoms with van der Waals surface area (Å²) in [6.45, 7) is 4.52. The van der Waals surface area contributed by atoms with Gasteiger partial charge in [0.05, 0.1) is 0 Å². The summed E-state index contributed by atoms with van der Waals surface area (Å²) in [5, 5.41) is 11.0. The van der Waals surface area contributed by atoms with Gasteiger partial charge in [-0.1, -0.05) is 13.8 Å². The molecule has 2 unspecified atom stereocenters. The van der Waals surface area contributed by atoms with Crippen molar-refractivity contribution in [2.24, 2.45) is 22.7 Å². The quantitative estimate of drug-likeness (QED) is 0.324. The van der Waals surface area contributed by atoms with Crippen molar-refractivity contribution < 1.29 is 0 Å². The fourth-order valence-electron chi connectivity index (χ4n) is 1.59. The SMILES string of the molecule is CC1CCC(=NNC(=N)N)CC1C. The van der Waals surface area contributed by atoms with Gasteiger partial charge in [-0.25, -0.2) is 5.43 Å². The molecule has 4 heteroatoms. The minimum absolute atomic E-state index is 0.0845. The zero-order chi connectivity index (χ0) is 9.84. The molecule has 0 aromatic heterocycles. The molecule has 2 atom stereocenters. The van der Waals surface area contributed by atoms with Crippen LogP contribution in [-0.4, -0.2) is 11.7 Å². The zero-order valence-corrected chi connectivity index (χ0v) is 8.30. The normalized spacial score (nSPS) is 31.7. The third-order valence-corrected chi connectivity index (χ3v) is 2.75. The van der Waals surface area contributed by atoms with Crippen molar-refractivity contribution in [3.63, 3.8) is 0 Å². The molecule has 1 fully saturated rings. The number of nitrogens with zero attached hydrogens (tertiary/aromatic N) is 1. The minimum atomic E-state index is -0.0845. The van der Waals surface area contributed by atoms with Gasteiger partial charge in [0.2, 0.25) is 5.96 Å². The van der Waals surface area contributed by atoms with Crippen LogP contribution in [0.1, 0.15) is 33.1 Å². The highest BCUT2D eigenvalue weighted by atomic mass is 15.3. The van der Waals surface area contributed by atoms with Gasteiger partial charge in [0.1, 0.15) is 0 Å². The van der Waals surface area contributed by atoms with E-state index in [4.69, 9.17) is 11.1 Å². The molecule has 0 heterocycles. The maximum atomic E-state index is 6.96. The topological polar surface area (TPSA) is 74.3 Å². The van der Waals surface area contributed by atoms with Gasteiger partial charge in [-0.05, 0) is 31.1 Å². The first-order valence-corrected chi connectivity index (χ1v) is 4.75. The molecule has 0 aliphatic heterocycles. The van der Waals surface area contributed by atoms with Crippen molar-refractivity contribution in [2.45, 2.75) is 33.1 Å². The van der Waals surface area contributed by atoms with Gasteiger partial charge in [-0.3, -0.25) is 5.41 Å². The second-order valence-corrected chi connectivity index (χ2v) is 3.90. The number of hydrazone groups is 1. The lowest BCUT2D eigenvalue weighted by Gasteiger charge is -2.26. The van der Waals surface area contributed by atoms with E-state index in [0.29, 0.717) is 5.92 Å². The average molecular weight is 182 g/mol. The number of hydrogen-bond acceptors (Lipinski definition) is 2. The maximum absolute atomic E-state index is 6.96. The molecule has 0 radical (unpaired) electrons. The molecule has 1 aliphatic carbocycles. The summed E-state index contributed by atoms with van der Waals surface area (Å²) >= 11 is 0. The molecule has 0 aromatic carbocycles. The van der Waals surface area contributed by atoms with Gasteiger partial charge in [0, 0.05) is 5.71 Å². The van der Waals surface area contributed by atoms with Gasteiger partial charge >= 0.3 is 0 Å². The Bertz CT molecular complexity index is 222.